The molecule has 0 saturated heterocycles. The Morgan fingerprint density at radius 2 is 1.24 bits per heavy atom. The van der Waals surface area contributed by atoms with E-state index in [0.29, 0.717) is 0 Å². The minimum atomic E-state index is 0.154. The van der Waals surface area contributed by atoms with Gasteiger partial charge in [-0.3, -0.25) is 9.38 Å². The maximum absolute atomic E-state index is 5.74. The van der Waals surface area contributed by atoms with Crippen molar-refractivity contribution in [1.82, 2.24) is 14.4 Å². The highest BCUT2D eigenvalue weighted by Gasteiger charge is 2.09. The molecular weight excluding hydrogens is 362 g/mol. The summed E-state index contributed by atoms with van der Waals surface area (Å²) in [5.41, 5.74) is 4.81. The van der Waals surface area contributed by atoms with Crippen molar-refractivity contribution < 1.29 is 9.47 Å². The smallest absolute Gasteiger partial charge is 0.155 e. The minimum absolute atomic E-state index is 0.154. The van der Waals surface area contributed by atoms with Gasteiger partial charge in [-0.2, -0.15) is 0 Å². The number of benzene rings is 2. The molecule has 0 N–H and O–H groups in total. The van der Waals surface area contributed by atoms with Crippen LogP contribution >= 0.6 is 0 Å². The van der Waals surface area contributed by atoms with Gasteiger partial charge in [0, 0.05) is 17.3 Å². The first-order chi connectivity index (χ1) is 14.0. The van der Waals surface area contributed by atoms with E-state index in [1.165, 1.54) is 0 Å². The van der Waals surface area contributed by atoms with E-state index in [9.17, 15) is 0 Å². The number of aromatic nitrogens is 3. The number of imidazole rings is 1. The van der Waals surface area contributed by atoms with Crippen LogP contribution in [0.25, 0.3) is 28.2 Å². The van der Waals surface area contributed by atoms with Gasteiger partial charge in [0.05, 0.1) is 36.0 Å². The van der Waals surface area contributed by atoms with Crippen LogP contribution in [0.3, 0.4) is 0 Å². The average molecular weight is 387 g/mol. The monoisotopic (exact) mass is 387 g/mol. The molecular formula is C24H25N3O2. The second-order valence-electron chi connectivity index (χ2n) is 7.53. The van der Waals surface area contributed by atoms with Crippen LogP contribution in [0.15, 0.2) is 67.1 Å². The molecule has 4 aromatic rings. The van der Waals surface area contributed by atoms with Gasteiger partial charge in [-0.05, 0) is 76.2 Å². The maximum Gasteiger partial charge on any atom is 0.155 e. The molecule has 0 unspecified atom stereocenters. The lowest BCUT2D eigenvalue weighted by molar-refractivity contribution is 0.242. The second kappa shape index (κ2) is 7.95. The van der Waals surface area contributed by atoms with E-state index in [4.69, 9.17) is 9.47 Å². The zero-order valence-corrected chi connectivity index (χ0v) is 17.2. The quantitative estimate of drug-likeness (QED) is 0.430. The number of nitrogens with zero attached hydrogens (tertiary/aromatic N) is 3. The van der Waals surface area contributed by atoms with Crippen LogP contribution in [0, 0.1) is 0 Å². The summed E-state index contributed by atoms with van der Waals surface area (Å²) in [4.78, 5) is 9.07. The molecule has 2 heterocycles. The number of hydrogen-bond acceptors (Lipinski definition) is 4. The van der Waals surface area contributed by atoms with E-state index in [1.807, 2.05) is 76.5 Å². The van der Waals surface area contributed by atoms with Crippen LogP contribution in [-0.2, 0) is 0 Å². The van der Waals surface area contributed by atoms with Gasteiger partial charge in [0.25, 0.3) is 0 Å². The summed E-state index contributed by atoms with van der Waals surface area (Å²) < 4.78 is 13.5. The topological polar surface area (TPSA) is 48.7 Å². The molecule has 0 atom stereocenters. The predicted octanol–water partition coefficient (Wildman–Crippen LogP) is 5.64. The Bertz CT molecular complexity index is 1100. The molecule has 0 bridgehead atoms. The fourth-order valence-electron chi connectivity index (χ4n) is 3.20. The summed E-state index contributed by atoms with van der Waals surface area (Å²) in [7, 11) is 0. The molecule has 29 heavy (non-hydrogen) atoms. The molecule has 148 valence electrons. The highest BCUT2D eigenvalue weighted by molar-refractivity contribution is 5.67. The molecule has 0 spiro atoms. The van der Waals surface area contributed by atoms with E-state index >= 15 is 0 Å². The Labute approximate surface area is 171 Å². The molecule has 0 aliphatic heterocycles. The number of hydrogen-bond donors (Lipinski definition) is 0. The SMILES string of the molecule is CC(C)Oc1ccc(-c2cn3c(-c4ccc(OC(C)C)cc4)cnc3cn2)cc1. The maximum atomic E-state index is 5.74. The number of ether oxygens (including phenoxy) is 2. The van der Waals surface area contributed by atoms with Crippen molar-refractivity contribution in [2.75, 3.05) is 0 Å². The van der Waals surface area contributed by atoms with Crippen molar-refractivity contribution in [2.45, 2.75) is 39.9 Å². The van der Waals surface area contributed by atoms with Crippen LogP contribution in [0.4, 0.5) is 0 Å². The van der Waals surface area contributed by atoms with Crippen molar-refractivity contribution in [3.05, 3.63) is 67.1 Å². The average Bonchev–Trinajstić information content (AvgIpc) is 3.11. The lowest BCUT2D eigenvalue weighted by Gasteiger charge is -2.11. The van der Waals surface area contributed by atoms with Crippen molar-refractivity contribution in [3.63, 3.8) is 0 Å². The van der Waals surface area contributed by atoms with Crippen molar-refractivity contribution in [3.8, 4) is 34.0 Å². The number of fused-ring (bicyclic) bond motifs is 1. The predicted molar refractivity (Wildman–Crippen MR) is 115 cm³/mol. The zero-order valence-electron chi connectivity index (χ0n) is 17.2. The van der Waals surface area contributed by atoms with Gasteiger partial charge in [-0.1, -0.05) is 0 Å². The van der Waals surface area contributed by atoms with E-state index in [-0.39, 0.29) is 12.2 Å². The molecule has 0 amide bonds. The molecule has 0 aliphatic rings. The second-order valence-corrected chi connectivity index (χ2v) is 7.53. The van der Waals surface area contributed by atoms with Crippen LogP contribution < -0.4 is 9.47 Å². The molecule has 5 heteroatoms. The van der Waals surface area contributed by atoms with Crippen molar-refractivity contribution in [2.24, 2.45) is 0 Å². The Hall–Kier alpha value is -3.34. The van der Waals surface area contributed by atoms with E-state index in [2.05, 4.69) is 26.5 Å². The summed E-state index contributed by atoms with van der Waals surface area (Å²) in [6, 6.07) is 16.1. The molecule has 0 aliphatic carbocycles. The zero-order chi connectivity index (χ0) is 20.4. The van der Waals surface area contributed by atoms with Crippen molar-refractivity contribution >= 4 is 5.65 Å². The Morgan fingerprint density at radius 1 is 0.690 bits per heavy atom. The summed E-state index contributed by atoms with van der Waals surface area (Å²) in [6.45, 7) is 8.08. The summed E-state index contributed by atoms with van der Waals surface area (Å²) >= 11 is 0. The van der Waals surface area contributed by atoms with E-state index < -0.39 is 0 Å². The van der Waals surface area contributed by atoms with Gasteiger partial charge in [0.2, 0.25) is 0 Å². The first-order valence-corrected chi connectivity index (χ1v) is 9.87. The highest BCUT2D eigenvalue weighted by atomic mass is 16.5. The van der Waals surface area contributed by atoms with Gasteiger partial charge in [-0.15, -0.1) is 0 Å². The Kier molecular flexibility index (Phi) is 5.21. The standard InChI is InChI=1S/C24H25N3O2/c1-16(2)28-20-9-5-18(6-10-20)22-15-27-23(13-26-24(27)14-25-22)19-7-11-21(12-8-19)29-17(3)4/h5-17H,1-4H3. The van der Waals surface area contributed by atoms with E-state index in [0.717, 1.165) is 39.7 Å². The molecule has 5 nitrogen and oxygen atoms in total. The van der Waals surface area contributed by atoms with Crippen LogP contribution in [-0.4, -0.2) is 26.6 Å². The van der Waals surface area contributed by atoms with Gasteiger partial charge in [-0.25, -0.2) is 4.98 Å². The van der Waals surface area contributed by atoms with Crippen molar-refractivity contribution in [1.29, 1.82) is 0 Å². The summed E-state index contributed by atoms with van der Waals surface area (Å²) in [5.74, 6) is 1.72. The molecule has 2 aromatic heterocycles. The molecule has 2 aromatic carbocycles. The Morgan fingerprint density at radius 3 is 1.79 bits per heavy atom. The third kappa shape index (κ3) is 4.24. The third-order valence-corrected chi connectivity index (χ3v) is 4.44. The van der Waals surface area contributed by atoms with Crippen LogP contribution in [0.2, 0.25) is 0 Å². The van der Waals surface area contributed by atoms with E-state index in [1.54, 1.807) is 6.20 Å². The lowest BCUT2D eigenvalue weighted by Crippen LogP contribution is -2.05. The first-order valence-electron chi connectivity index (χ1n) is 9.87. The third-order valence-electron chi connectivity index (χ3n) is 4.44. The summed E-state index contributed by atoms with van der Waals surface area (Å²) in [5, 5.41) is 0. The summed E-state index contributed by atoms with van der Waals surface area (Å²) in [6.07, 6.45) is 6.00. The van der Waals surface area contributed by atoms with Gasteiger partial charge in [0.15, 0.2) is 5.65 Å². The molecule has 0 radical (unpaired) electrons. The van der Waals surface area contributed by atoms with Gasteiger partial charge in [0.1, 0.15) is 11.5 Å². The van der Waals surface area contributed by atoms with Crippen LogP contribution in [0.1, 0.15) is 27.7 Å². The first kappa shape index (κ1) is 19.0. The minimum Gasteiger partial charge on any atom is -0.491 e. The number of rotatable bonds is 6. The highest BCUT2D eigenvalue weighted by Crippen LogP contribution is 2.26. The molecule has 0 fully saturated rings. The fraction of sp³-hybridized carbons (Fsp3) is 0.250. The lowest BCUT2D eigenvalue weighted by atomic mass is 10.1. The largest absolute Gasteiger partial charge is 0.491 e. The van der Waals surface area contributed by atoms with Gasteiger partial charge < -0.3 is 9.47 Å². The van der Waals surface area contributed by atoms with Crippen LogP contribution in [0.5, 0.6) is 11.5 Å². The molecule has 4 rings (SSSR count). The van der Waals surface area contributed by atoms with Gasteiger partial charge >= 0.3 is 0 Å². The fourth-order valence-corrected chi connectivity index (χ4v) is 3.20. The molecule has 0 saturated carbocycles. The normalized spacial score (nSPS) is 11.4. The Balaban J connectivity index is 1.66.